The van der Waals surface area contributed by atoms with E-state index in [2.05, 4.69) is 9.89 Å². The molecule has 0 saturated carbocycles. The summed E-state index contributed by atoms with van der Waals surface area (Å²) < 4.78 is 35.4. The van der Waals surface area contributed by atoms with Gasteiger partial charge in [0.25, 0.3) is 5.56 Å². The van der Waals surface area contributed by atoms with Crippen molar-refractivity contribution in [1.82, 2.24) is 4.57 Å². The van der Waals surface area contributed by atoms with Crippen LogP contribution < -0.4 is 34.0 Å². The third-order valence-corrected chi connectivity index (χ3v) is 7.71. The molecular formula is C28H31N3O8S. The van der Waals surface area contributed by atoms with Gasteiger partial charge in [0.15, 0.2) is 22.2 Å². The van der Waals surface area contributed by atoms with Crippen LogP contribution in [0.4, 0.5) is 5.88 Å². The van der Waals surface area contributed by atoms with Crippen LogP contribution in [0.5, 0.6) is 17.2 Å². The fourth-order valence-corrected chi connectivity index (χ4v) is 5.90. The third kappa shape index (κ3) is 5.00. The molecule has 12 heteroatoms. The standard InChI is InChI=1S/C28H31N3O8S/c1-6-38-27(33)23-16(2)29-28-31(24(23)17-13-19(34-3)25(36-5)20(14-17)35-4)26(32)21(40-28)15-18-7-8-22(39-18)30-9-11-37-12-10-30/h7-8,13-15,24H,6,9-12H2,1-5H3. The van der Waals surface area contributed by atoms with Crippen molar-refractivity contribution in [3.8, 4) is 17.2 Å². The van der Waals surface area contributed by atoms with Gasteiger partial charge >= 0.3 is 5.97 Å². The average molecular weight is 570 g/mol. The van der Waals surface area contributed by atoms with Crippen molar-refractivity contribution in [3.63, 3.8) is 0 Å². The van der Waals surface area contributed by atoms with Gasteiger partial charge in [-0.05, 0) is 37.6 Å². The number of thiazole rings is 1. The van der Waals surface area contributed by atoms with Crippen LogP contribution in [0.25, 0.3) is 6.08 Å². The molecule has 0 bridgehead atoms. The number of methoxy groups -OCH3 is 3. The number of nitrogens with zero attached hydrogens (tertiary/aromatic N) is 3. The Morgan fingerprint density at radius 1 is 1.12 bits per heavy atom. The summed E-state index contributed by atoms with van der Waals surface area (Å²) in [6, 6.07) is 6.32. The van der Waals surface area contributed by atoms with E-state index in [4.69, 9.17) is 28.1 Å². The normalized spacial score (nSPS) is 17.4. The molecule has 40 heavy (non-hydrogen) atoms. The van der Waals surface area contributed by atoms with Crippen molar-refractivity contribution in [2.24, 2.45) is 4.99 Å². The minimum atomic E-state index is -0.841. The molecule has 2 aromatic heterocycles. The SMILES string of the molecule is CCOC(=O)C1=C(C)N=c2sc(=Cc3ccc(N4CCOCC4)o3)c(=O)n2C1c1cc(OC)c(OC)c(OC)c1. The number of rotatable bonds is 8. The van der Waals surface area contributed by atoms with E-state index in [0.717, 1.165) is 19.0 Å². The molecule has 5 rings (SSSR count). The summed E-state index contributed by atoms with van der Waals surface area (Å²) in [4.78, 5) is 34.3. The number of furan rings is 1. The van der Waals surface area contributed by atoms with Crippen molar-refractivity contribution in [3.05, 3.63) is 66.5 Å². The number of benzene rings is 1. The van der Waals surface area contributed by atoms with Gasteiger partial charge in [-0.3, -0.25) is 9.36 Å². The van der Waals surface area contributed by atoms with Crippen molar-refractivity contribution in [2.45, 2.75) is 19.9 Å². The van der Waals surface area contributed by atoms with E-state index in [1.165, 1.54) is 37.2 Å². The zero-order chi connectivity index (χ0) is 28.4. The first-order valence-corrected chi connectivity index (χ1v) is 13.6. The zero-order valence-electron chi connectivity index (χ0n) is 23.0. The molecule has 4 heterocycles. The lowest BCUT2D eigenvalue weighted by atomic mass is 9.95. The van der Waals surface area contributed by atoms with Crippen LogP contribution in [0, 0.1) is 0 Å². The number of allylic oxidation sites excluding steroid dienone is 1. The number of hydrogen-bond donors (Lipinski definition) is 0. The Morgan fingerprint density at radius 2 is 1.82 bits per heavy atom. The van der Waals surface area contributed by atoms with Crippen molar-refractivity contribution in [1.29, 1.82) is 0 Å². The molecule has 1 atom stereocenters. The molecule has 1 unspecified atom stereocenters. The molecule has 2 aliphatic rings. The van der Waals surface area contributed by atoms with Crippen LogP contribution in [0.15, 0.2) is 49.7 Å². The molecule has 0 amide bonds. The molecule has 1 fully saturated rings. The van der Waals surface area contributed by atoms with Crippen LogP contribution >= 0.6 is 11.3 Å². The first kappa shape index (κ1) is 27.5. The lowest BCUT2D eigenvalue weighted by molar-refractivity contribution is -0.139. The van der Waals surface area contributed by atoms with Gasteiger partial charge < -0.3 is 33.0 Å². The second-order valence-corrected chi connectivity index (χ2v) is 10.0. The van der Waals surface area contributed by atoms with Gasteiger partial charge in [0.2, 0.25) is 5.75 Å². The number of fused-ring (bicyclic) bond motifs is 1. The summed E-state index contributed by atoms with van der Waals surface area (Å²) in [5, 5.41) is 0. The van der Waals surface area contributed by atoms with Gasteiger partial charge in [0.1, 0.15) is 5.76 Å². The highest BCUT2D eigenvalue weighted by Gasteiger charge is 2.34. The van der Waals surface area contributed by atoms with E-state index < -0.39 is 12.0 Å². The number of hydrogen-bond acceptors (Lipinski definition) is 11. The third-order valence-electron chi connectivity index (χ3n) is 6.73. The molecule has 0 radical (unpaired) electrons. The summed E-state index contributed by atoms with van der Waals surface area (Å²) in [5.74, 6) is 1.88. The summed E-state index contributed by atoms with van der Waals surface area (Å²) in [7, 11) is 4.53. The Hall–Kier alpha value is -4.03. The molecule has 0 aliphatic carbocycles. The monoisotopic (exact) mass is 569 g/mol. The maximum absolute atomic E-state index is 13.9. The first-order chi connectivity index (χ1) is 19.4. The maximum Gasteiger partial charge on any atom is 0.338 e. The summed E-state index contributed by atoms with van der Waals surface area (Å²) in [6.45, 7) is 6.38. The van der Waals surface area contributed by atoms with Crippen LogP contribution in [0.1, 0.15) is 31.2 Å². The molecule has 2 aliphatic heterocycles. The van der Waals surface area contributed by atoms with E-state index in [0.29, 0.717) is 56.8 Å². The highest BCUT2D eigenvalue weighted by atomic mass is 32.1. The molecule has 1 aromatic carbocycles. The number of anilines is 1. The lowest BCUT2D eigenvalue weighted by Gasteiger charge is -2.26. The number of ether oxygens (including phenoxy) is 5. The molecule has 3 aromatic rings. The Balaban J connectivity index is 1.67. The largest absolute Gasteiger partial charge is 0.493 e. The van der Waals surface area contributed by atoms with Gasteiger partial charge in [0.05, 0.1) is 63.0 Å². The van der Waals surface area contributed by atoms with Crippen LogP contribution in [-0.2, 0) is 14.3 Å². The van der Waals surface area contributed by atoms with Gasteiger partial charge in [-0.25, -0.2) is 9.79 Å². The lowest BCUT2D eigenvalue weighted by Crippen LogP contribution is -2.40. The Bertz CT molecular complexity index is 1600. The van der Waals surface area contributed by atoms with E-state index >= 15 is 0 Å². The predicted octanol–water partition coefficient (Wildman–Crippen LogP) is 2.25. The van der Waals surface area contributed by atoms with E-state index in [1.54, 1.807) is 32.1 Å². The molecular weight excluding hydrogens is 538 g/mol. The first-order valence-electron chi connectivity index (χ1n) is 12.8. The second kappa shape index (κ2) is 11.6. The predicted molar refractivity (Wildman–Crippen MR) is 148 cm³/mol. The van der Waals surface area contributed by atoms with E-state index in [-0.39, 0.29) is 17.7 Å². The Labute approximate surface area is 234 Å². The minimum absolute atomic E-state index is 0.173. The quantitative estimate of drug-likeness (QED) is 0.377. The van der Waals surface area contributed by atoms with Crippen molar-refractivity contribution >= 4 is 29.3 Å². The van der Waals surface area contributed by atoms with Gasteiger partial charge in [-0.2, -0.15) is 0 Å². The van der Waals surface area contributed by atoms with Gasteiger partial charge in [-0.1, -0.05) is 11.3 Å². The van der Waals surface area contributed by atoms with Gasteiger partial charge in [0, 0.05) is 25.2 Å². The Morgan fingerprint density at radius 3 is 2.45 bits per heavy atom. The van der Waals surface area contributed by atoms with Crippen LogP contribution in [0.3, 0.4) is 0 Å². The molecule has 11 nitrogen and oxygen atoms in total. The van der Waals surface area contributed by atoms with E-state index in [1.807, 2.05) is 12.1 Å². The Kier molecular flexibility index (Phi) is 7.99. The number of carbonyl (C=O) groups is 1. The zero-order valence-corrected chi connectivity index (χ0v) is 23.8. The number of aromatic nitrogens is 1. The average Bonchev–Trinajstić information content (AvgIpc) is 3.56. The summed E-state index contributed by atoms with van der Waals surface area (Å²) >= 11 is 1.22. The smallest absolute Gasteiger partial charge is 0.338 e. The van der Waals surface area contributed by atoms with Crippen LogP contribution in [0.2, 0.25) is 0 Å². The number of morpholine rings is 1. The fourth-order valence-electron chi connectivity index (χ4n) is 4.87. The fraction of sp³-hybridized carbons (Fsp3) is 0.393. The second-order valence-electron chi connectivity index (χ2n) is 9.04. The summed E-state index contributed by atoms with van der Waals surface area (Å²) in [5.41, 5.74) is 0.966. The van der Waals surface area contributed by atoms with E-state index in [9.17, 15) is 9.59 Å². The van der Waals surface area contributed by atoms with Gasteiger partial charge in [-0.15, -0.1) is 0 Å². The highest BCUT2D eigenvalue weighted by Crippen LogP contribution is 2.42. The van der Waals surface area contributed by atoms with Crippen LogP contribution in [-0.4, -0.2) is 64.8 Å². The molecule has 0 spiro atoms. The maximum atomic E-state index is 13.9. The minimum Gasteiger partial charge on any atom is -0.493 e. The molecule has 0 N–H and O–H groups in total. The van der Waals surface area contributed by atoms with Crippen molar-refractivity contribution in [2.75, 3.05) is 59.1 Å². The number of carbonyl (C=O) groups excluding carboxylic acids is 1. The number of esters is 1. The topological polar surface area (TPSA) is 114 Å². The molecule has 212 valence electrons. The highest BCUT2D eigenvalue weighted by molar-refractivity contribution is 7.07. The molecule has 1 saturated heterocycles. The summed E-state index contributed by atoms with van der Waals surface area (Å²) in [6.07, 6.45) is 1.70. The van der Waals surface area contributed by atoms with Crippen molar-refractivity contribution < 1.29 is 32.9 Å².